The standard InChI is InChI=1S/C17H16F3NO5S/c1-3-25-16(23)9-6-21(11(7-27)17(24)26-4-2)14-8(15(9)22)5-10(18)12(19)13(14)20/h5-6,11,27H,3-4,7H2,1-2H3. The molecular formula is C17H16F3NO5S. The minimum absolute atomic E-state index is 0.00253. The molecule has 10 heteroatoms. The van der Waals surface area contributed by atoms with E-state index in [-0.39, 0.29) is 19.0 Å². The van der Waals surface area contributed by atoms with Gasteiger partial charge in [-0.05, 0) is 19.9 Å². The number of hydrogen-bond acceptors (Lipinski definition) is 6. The molecule has 0 aliphatic rings. The van der Waals surface area contributed by atoms with Gasteiger partial charge in [-0.25, -0.2) is 22.8 Å². The summed E-state index contributed by atoms with van der Waals surface area (Å²) in [4.78, 5) is 36.8. The Morgan fingerprint density at radius 1 is 1.15 bits per heavy atom. The predicted octanol–water partition coefficient (Wildman–Crippen LogP) is 2.63. The summed E-state index contributed by atoms with van der Waals surface area (Å²) < 4.78 is 52.4. The van der Waals surface area contributed by atoms with Crippen LogP contribution in [0, 0.1) is 17.5 Å². The highest BCUT2D eigenvalue weighted by molar-refractivity contribution is 7.80. The van der Waals surface area contributed by atoms with E-state index in [2.05, 4.69) is 12.6 Å². The fraction of sp³-hybridized carbons (Fsp3) is 0.353. The van der Waals surface area contributed by atoms with Crippen molar-refractivity contribution in [2.45, 2.75) is 19.9 Å². The zero-order valence-corrected chi connectivity index (χ0v) is 15.3. The van der Waals surface area contributed by atoms with Crippen LogP contribution in [-0.2, 0) is 14.3 Å². The van der Waals surface area contributed by atoms with Crippen molar-refractivity contribution in [1.29, 1.82) is 0 Å². The Hall–Kier alpha value is -2.49. The Bertz CT molecular complexity index is 960. The highest BCUT2D eigenvalue weighted by atomic mass is 32.1. The number of fused-ring (bicyclic) bond motifs is 1. The molecule has 1 heterocycles. The second kappa shape index (κ2) is 8.47. The summed E-state index contributed by atoms with van der Waals surface area (Å²) in [6.07, 6.45) is 0.862. The van der Waals surface area contributed by atoms with Gasteiger partial charge in [0, 0.05) is 11.9 Å². The van der Waals surface area contributed by atoms with Gasteiger partial charge < -0.3 is 14.0 Å². The molecule has 6 nitrogen and oxygen atoms in total. The van der Waals surface area contributed by atoms with Gasteiger partial charge in [-0.3, -0.25) is 4.79 Å². The second-order valence-corrected chi connectivity index (χ2v) is 5.70. The van der Waals surface area contributed by atoms with Crippen LogP contribution < -0.4 is 5.43 Å². The van der Waals surface area contributed by atoms with Gasteiger partial charge >= 0.3 is 11.9 Å². The van der Waals surface area contributed by atoms with Crippen molar-refractivity contribution in [1.82, 2.24) is 4.57 Å². The molecule has 1 aromatic heterocycles. The van der Waals surface area contributed by atoms with Crippen molar-refractivity contribution < 1.29 is 32.2 Å². The van der Waals surface area contributed by atoms with Crippen LogP contribution in [0.3, 0.4) is 0 Å². The molecule has 2 aromatic rings. The average molecular weight is 403 g/mol. The Kier molecular flexibility index (Phi) is 6.53. The van der Waals surface area contributed by atoms with Crippen molar-refractivity contribution in [3.05, 3.63) is 45.5 Å². The van der Waals surface area contributed by atoms with Gasteiger partial charge in [0.1, 0.15) is 11.6 Å². The van der Waals surface area contributed by atoms with Gasteiger partial charge in [0.05, 0.1) is 24.1 Å². The summed E-state index contributed by atoms with van der Waals surface area (Å²) in [5, 5.41) is -0.618. The number of carbonyl (C=O) groups is 2. The van der Waals surface area contributed by atoms with Gasteiger partial charge in [0.15, 0.2) is 17.5 Å². The summed E-state index contributed by atoms with van der Waals surface area (Å²) in [7, 11) is 0. The van der Waals surface area contributed by atoms with Gasteiger partial charge in [0.25, 0.3) is 0 Å². The normalized spacial score (nSPS) is 12.1. The van der Waals surface area contributed by atoms with E-state index >= 15 is 0 Å². The first-order chi connectivity index (χ1) is 12.8. The summed E-state index contributed by atoms with van der Waals surface area (Å²) in [6.45, 7) is 2.98. The highest BCUT2D eigenvalue weighted by Gasteiger charge is 2.28. The zero-order valence-electron chi connectivity index (χ0n) is 14.4. The van der Waals surface area contributed by atoms with Crippen molar-refractivity contribution in [3.63, 3.8) is 0 Å². The molecule has 1 aromatic carbocycles. The molecule has 1 unspecified atom stereocenters. The maximum absolute atomic E-state index is 14.5. The van der Waals surface area contributed by atoms with E-state index in [0.29, 0.717) is 6.07 Å². The lowest BCUT2D eigenvalue weighted by atomic mass is 10.1. The van der Waals surface area contributed by atoms with Crippen LogP contribution in [0.5, 0.6) is 0 Å². The SMILES string of the molecule is CCOC(=O)c1cn(C(CS)C(=O)OCC)c2c(F)c(F)c(F)cc2c1=O. The van der Waals surface area contributed by atoms with E-state index in [4.69, 9.17) is 9.47 Å². The number of rotatable bonds is 6. The molecule has 2 rings (SSSR count). The van der Waals surface area contributed by atoms with Gasteiger partial charge in [0.2, 0.25) is 5.43 Å². The second-order valence-electron chi connectivity index (χ2n) is 5.33. The molecule has 0 saturated heterocycles. The Morgan fingerprint density at radius 3 is 2.33 bits per heavy atom. The smallest absolute Gasteiger partial charge is 0.343 e. The number of hydrogen-bond donors (Lipinski definition) is 1. The average Bonchev–Trinajstić information content (AvgIpc) is 2.62. The van der Waals surface area contributed by atoms with Crippen LogP contribution in [-0.4, -0.2) is 35.5 Å². The highest BCUT2D eigenvalue weighted by Crippen LogP contribution is 2.26. The van der Waals surface area contributed by atoms with Crippen LogP contribution in [0.4, 0.5) is 13.2 Å². The number of carbonyl (C=O) groups excluding carboxylic acids is 2. The summed E-state index contributed by atoms with van der Waals surface area (Å²) in [5.74, 6) is -7.23. The number of aromatic nitrogens is 1. The van der Waals surface area contributed by atoms with Crippen molar-refractivity contribution in [2.75, 3.05) is 19.0 Å². The van der Waals surface area contributed by atoms with Crippen molar-refractivity contribution >= 4 is 35.5 Å². The number of halogens is 3. The lowest BCUT2D eigenvalue weighted by molar-refractivity contribution is -0.146. The third-order valence-corrected chi connectivity index (χ3v) is 4.06. The molecule has 146 valence electrons. The van der Waals surface area contributed by atoms with Crippen LogP contribution in [0.15, 0.2) is 17.1 Å². The third kappa shape index (κ3) is 3.80. The molecule has 0 saturated carbocycles. The minimum atomic E-state index is -1.82. The monoisotopic (exact) mass is 403 g/mol. The number of nitrogens with zero attached hydrogens (tertiary/aromatic N) is 1. The fourth-order valence-electron chi connectivity index (χ4n) is 2.53. The topological polar surface area (TPSA) is 74.6 Å². The van der Waals surface area contributed by atoms with Crippen LogP contribution in [0.2, 0.25) is 0 Å². The van der Waals surface area contributed by atoms with E-state index in [1.165, 1.54) is 13.8 Å². The van der Waals surface area contributed by atoms with Crippen LogP contribution in [0.25, 0.3) is 10.9 Å². The Labute approximate surface area is 157 Å². The van der Waals surface area contributed by atoms with Crippen molar-refractivity contribution in [3.8, 4) is 0 Å². The quantitative estimate of drug-likeness (QED) is 0.456. The Balaban J connectivity index is 2.93. The van der Waals surface area contributed by atoms with Crippen molar-refractivity contribution in [2.24, 2.45) is 0 Å². The molecule has 0 fully saturated rings. The third-order valence-electron chi connectivity index (χ3n) is 3.71. The molecule has 0 spiro atoms. The fourth-order valence-corrected chi connectivity index (χ4v) is 2.86. The lowest BCUT2D eigenvalue weighted by Gasteiger charge is -2.21. The summed E-state index contributed by atoms with van der Waals surface area (Å²) in [5.41, 5.74) is -2.30. The molecular weight excluding hydrogens is 387 g/mol. The molecule has 0 radical (unpaired) electrons. The van der Waals surface area contributed by atoms with E-state index in [1.54, 1.807) is 0 Å². The number of esters is 2. The largest absolute Gasteiger partial charge is 0.464 e. The van der Waals surface area contributed by atoms with E-state index in [1.807, 2.05) is 0 Å². The van der Waals surface area contributed by atoms with Crippen LogP contribution in [0.1, 0.15) is 30.2 Å². The molecule has 27 heavy (non-hydrogen) atoms. The van der Waals surface area contributed by atoms with E-state index < -0.39 is 57.3 Å². The maximum atomic E-state index is 14.5. The molecule has 0 aliphatic heterocycles. The molecule has 0 aliphatic carbocycles. The number of pyridine rings is 1. The first kappa shape index (κ1) is 20.8. The van der Waals surface area contributed by atoms with Gasteiger partial charge in [-0.15, -0.1) is 0 Å². The lowest BCUT2D eigenvalue weighted by Crippen LogP contribution is -2.29. The van der Waals surface area contributed by atoms with Crippen LogP contribution >= 0.6 is 12.6 Å². The Morgan fingerprint density at radius 2 is 1.78 bits per heavy atom. The van der Waals surface area contributed by atoms with E-state index in [0.717, 1.165) is 10.8 Å². The summed E-state index contributed by atoms with van der Waals surface area (Å²) >= 11 is 4.01. The van der Waals surface area contributed by atoms with Gasteiger partial charge in [-0.2, -0.15) is 12.6 Å². The molecule has 0 N–H and O–H groups in total. The minimum Gasteiger partial charge on any atom is -0.464 e. The first-order valence-electron chi connectivity index (χ1n) is 7.95. The van der Waals surface area contributed by atoms with E-state index in [9.17, 15) is 27.6 Å². The predicted molar refractivity (Wildman–Crippen MR) is 93.6 cm³/mol. The first-order valence-corrected chi connectivity index (χ1v) is 8.58. The number of thiol groups is 1. The molecule has 0 amide bonds. The number of benzene rings is 1. The number of ether oxygens (including phenoxy) is 2. The van der Waals surface area contributed by atoms with Gasteiger partial charge in [-0.1, -0.05) is 0 Å². The molecule has 1 atom stereocenters. The summed E-state index contributed by atoms with van der Waals surface area (Å²) in [6, 6.07) is -0.834. The molecule has 0 bridgehead atoms. The maximum Gasteiger partial charge on any atom is 0.343 e. The zero-order chi connectivity index (χ0) is 20.3.